The van der Waals surface area contributed by atoms with Gasteiger partial charge in [0.25, 0.3) is 0 Å². The highest BCUT2D eigenvalue weighted by Gasteiger charge is 2.18. The molecular formula is C16H27IN4O. The van der Waals surface area contributed by atoms with E-state index in [1.54, 1.807) is 7.11 Å². The van der Waals surface area contributed by atoms with Crippen LogP contribution in [0.3, 0.4) is 0 Å². The van der Waals surface area contributed by atoms with Crippen molar-refractivity contribution in [2.45, 2.75) is 19.8 Å². The van der Waals surface area contributed by atoms with Gasteiger partial charge in [-0.15, -0.1) is 24.0 Å². The number of para-hydroxylation sites is 2. The highest BCUT2D eigenvalue weighted by molar-refractivity contribution is 14.0. The van der Waals surface area contributed by atoms with Gasteiger partial charge in [-0.2, -0.15) is 0 Å². The molecule has 1 aromatic carbocycles. The van der Waals surface area contributed by atoms with Crippen molar-refractivity contribution in [1.29, 1.82) is 0 Å². The lowest BCUT2D eigenvalue weighted by molar-refractivity contribution is 0.187. The minimum Gasteiger partial charge on any atom is -0.495 e. The van der Waals surface area contributed by atoms with Crippen LogP contribution in [-0.2, 0) is 0 Å². The second-order valence-corrected chi connectivity index (χ2v) is 5.45. The summed E-state index contributed by atoms with van der Waals surface area (Å²) in [6.45, 7) is 6.45. The molecule has 1 heterocycles. The summed E-state index contributed by atoms with van der Waals surface area (Å²) in [4.78, 5) is 6.97. The monoisotopic (exact) mass is 418 g/mol. The summed E-state index contributed by atoms with van der Waals surface area (Å²) in [5, 5.41) is 3.12. The van der Waals surface area contributed by atoms with E-state index in [0.29, 0.717) is 11.9 Å². The summed E-state index contributed by atoms with van der Waals surface area (Å²) in [7, 11) is 1.65. The number of halogens is 1. The van der Waals surface area contributed by atoms with Crippen molar-refractivity contribution in [2.24, 2.45) is 16.6 Å². The van der Waals surface area contributed by atoms with Gasteiger partial charge in [-0.05, 0) is 44.0 Å². The molecule has 6 heteroatoms. The largest absolute Gasteiger partial charge is 0.495 e. The Balaban J connectivity index is 0.00000242. The summed E-state index contributed by atoms with van der Waals surface area (Å²) in [5.74, 6) is 1.83. The quantitative estimate of drug-likeness (QED) is 0.439. The smallest absolute Gasteiger partial charge is 0.193 e. The molecule has 1 aromatic rings. The minimum absolute atomic E-state index is 0. The van der Waals surface area contributed by atoms with Gasteiger partial charge < -0.3 is 20.7 Å². The van der Waals surface area contributed by atoms with E-state index in [1.807, 2.05) is 24.3 Å². The number of anilines is 1. The van der Waals surface area contributed by atoms with Crippen molar-refractivity contribution in [2.75, 3.05) is 38.6 Å². The third kappa shape index (κ3) is 5.64. The van der Waals surface area contributed by atoms with Gasteiger partial charge in [0.1, 0.15) is 5.75 Å². The summed E-state index contributed by atoms with van der Waals surface area (Å²) >= 11 is 0. The highest BCUT2D eigenvalue weighted by Crippen LogP contribution is 2.22. The first-order valence-corrected chi connectivity index (χ1v) is 7.65. The van der Waals surface area contributed by atoms with Crippen LogP contribution < -0.4 is 15.8 Å². The van der Waals surface area contributed by atoms with Crippen molar-refractivity contribution in [3.8, 4) is 5.75 Å². The number of nitrogens with zero attached hydrogens (tertiary/aromatic N) is 2. The molecule has 0 saturated carbocycles. The maximum Gasteiger partial charge on any atom is 0.193 e. The third-order valence-electron chi connectivity index (χ3n) is 3.94. The fourth-order valence-electron chi connectivity index (χ4n) is 2.74. The van der Waals surface area contributed by atoms with Crippen LogP contribution in [-0.4, -0.2) is 44.1 Å². The fourth-order valence-corrected chi connectivity index (χ4v) is 2.74. The van der Waals surface area contributed by atoms with Crippen LogP contribution >= 0.6 is 24.0 Å². The van der Waals surface area contributed by atoms with E-state index < -0.39 is 0 Å². The number of aliphatic imine (C=N–C) groups is 1. The van der Waals surface area contributed by atoms with Crippen LogP contribution in [0.5, 0.6) is 5.75 Å². The van der Waals surface area contributed by atoms with Crippen molar-refractivity contribution in [3.05, 3.63) is 24.3 Å². The molecule has 22 heavy (non-hydrogen) atoms. The lowest BCUT2D eigenvalue weighted by Crippen LogP contribution is -2.36. The van der Waals surface area contributed by atoms with E-state index in [1.165, 1.54) is 19.4 Å². The Morgan fingerprint density at radius 3 is 2.95 bits per heavy atom. The van der Waals surface area contributed by atoms with Crippen LogP contribution in [0.1, 0.15) is 19.8 Å². The third-order valence-corrected chi connectivity index (χ3v) is 3.94. The number of ether oxygens (including phenoxy) is 1. The molecule has 0 aliphatic carbocycles. The maximum absolute atomic E-state index is 5.98. The summed E-state index contributed by atoms with van der Waals surface area (Å²) in [5.41, 5.74) is 6.83. The molecule has 1 aliphatic heterocycles. The SMILES string of the molecule is CCN1CCCC(CN=C(N)Nc2ccccc2OC)C1.I. The van der Waals surface area contributed by atoms with Gasteiger partial charge in [0.15, 0.2) is 5.96 Å². The topological polar surface area (TPSA) is 62.9 Å². The Labute approximate surface area is 150 Å². The Hall–Kier alpha value is -1.02. The molecular weight excluding hydrogens is 391 g/mol. The van der Waals surface area contributed by atoms with Crippen molar-refractivity contribution in [1.82, 2.24) is 4.90 Å². The standard InChI is InChI=1S/C16H26N4O.HI/c1-3-20-10-6-7-13(12-20)11-18-16(17)19-14-8-4-5-9-15(14)21-2;/h4-5,8-9,13H,3,6-7,10-12H2,1-2H3,(H3,17,18,19);1H. The summed E-state index contributed by atoms with van der Waals surface area (Å²) in [6.07, 6.45) is 2.50. The summed E-state index contributed by atoms with van der Waals surface area (Å²) in [6, 6.07) is 7.70. The molecule has 1 aliphatic rings. The van der Waals surface area contributed by atoms with E-state index >= 15 is 0 Å². The molecule has 2 rings (SSSR count). The molecule has 5 nitrogen and oxygen atoms in total. The molecule has 0 amide bonds. The Bertz CT molecular complexity index is 481. The van der Waals surface area contributed by atoms with Crippen LogP contribution in [0.15, 0.2) is 29.3 Å². The van der Waals surface area contributed by atoms with Crippen LogP contribution in [0.25, 0.3) is 0 Å². The first kappa shape index (κ1) is 19.0. The van der Waals surface area contributed by atoms with Gasteiger partial charge in [0, 0.05) is 13.1 Å². The molecule has 1 saturated heterocycles. The zero-order valence-electron chi connectivity index (χ0n) is 13.4. The average Bonchev–Trinajstić information content (AvgIpc) is 2.53. The number of piperidine rings is 1. The van der Waals surface area contributed by atoms with Crippen LogP contribution in [0, 0.1) is 5.92 Å². The molecule has 0 aromatic heterocycles. The number of nitrogens with one attached hydrogen (secondary N) is 1. The van der Waals surface area contributed by atoms with E-state index in [2.05, 4.69) is 22.1 Å². The minimum atomic E-state index is 0. The van der Waals surface area contributed by atoms with E-state index in [0.717, 1.165) is 31.1 Å². The summed E-state index contributed by atoms with van der Waals surface area (Å²) < 4.78 is 5.29. The lowest BCUT2D eigenvalue weighted by Gasteiger charge is -2.30. The average molecular weight is 418 g/mol. The molecule has 1 unspecified atom stereocenters. The first-order chi connectivity index (χ1) is 10.2. The van der Waals surface area contributed by atoms with Gasteiger partial charge in [-0.1, -0.05) is 19.1 Å². The van der Waals surface area contributed by atoms with Crippen molar-refractivity contribution in [3.63, 3.8) is 0 Å². The molecule has 0 radical (unpaired) electrons. The predicted octanol–water partition coefficient (Wildman–Crippen LogP) is 2.77. The molecule has 1 atom stereocenters. The van der Waals surface area contributed by atoms with Gasteiger partial charge in [-0.3, -0.25) is 4.99 Å². The number of hydrogen-bond acceptors (Lipinski definition) is 3. The number of nitrogens with two attached hydrogens (primary N) is 1. The van der Waals surface area contributed by atoms with E-state index in [-0.39, 0.29) is 24.0 Å². The van der Waals surface area contributed by atoms with Crippen LogP contribution in [0.2, 0.25) is 0 Å². The molecule has 0 spiro atoms. The Morgan fingerprint density at radius 2 is 2.23 bits per heavy atom. The van der Waals surface area contributed by atoms with Gasteiger partial charge in [0.2, 0.25) is 0 Å². The zero-order chi connectivity index (χ0) is 15.1. The number of rotatable bonds is 5. The first-order valence-electron chi connectivity index (χ1n) is 7.65. The predicted molar refractivity (Wildman–Crippen MR) is 103 cm³/mol. The zero-order valence-corrected chi connectivity index (χ0v) is 15.7. The molecule has 124 valence electrons. The second-order valence-electron chi connectivity index (χ2n) is 5.45. The van der Waals surface area contributed by atoms with Gasteiger partial charge in [0.05, 0.1) is 12.8 Å². The Kier molecular flexibility index (Phi) is 8.55. The molecule has 3 N–H and O–H groups in total. The Morgan fingerprint density at radius 1 is 1.45 bits per heavy atom. The number of methoxy groups -OCH3 is 1. The normalized spacial score (nSPS) is 19.4. The number of likely N-dealkylation sites (tertiary alicyclic amines) is 1. The van der Waals surface area contributed by atoms with Gasteiger partial charge in [-0.25, -0.2) is 0 Å². The van der Waals surface area contributed by atoms with Crippen LogP contribution in [0.4, 0.5) is 5.69 Å². The number of hydrogen-bond donors (Lipinski definition) is 2. The van der Waals surface area contributed by atoms with Crippen molar-refractivity contribution < 1.29 is 4.74 Å². The number of guanidine groups is 1. The lowest BCUT2D eigenvalue weighted by atomic mass is 9.98. The maximum atomic E-state index is 5.98. The van der Waals surface area contributed by atoms with Crippen molar-refractivity contribution >= 4 is 35.6 Å². The highest BCUT2D eigenvalue weighted by atomic mass is 127. The second kappa shape index (κ2) is 9.89. The fraction of sp³-hybridized carbons (Fsp3) is 0.562. The van der Waals surface area contributed by atoms with E-state index in [4.69, 9.17) is 10.5 Å². The van der Waals surface area contributed by atoms with E-state index in [9.17, 15) is 0 Å². The molecule has 0 bridgehead atoms. The molecule has 1 fully saturated rings. The van der Waals surface area contributed by atoms with Gasteiger partial charge >= 0.3 is 0 Å². The number of benzene rings is 1.